The fourth-order valence-electron chi connectivity index (χ4n) is 2.28. The third-order valence-electron chi connectivity index (χ3n) is 3.51. The van der Waals surface area contributed by atoms with Gasteiger partial charge in [0.1, 0.15) is 17.9 Å². The Balaban J connectivity index is 2.02. The van der Waals surface area contributed by atoms with Gasteiger partial charge in [0.05, 0.1) is 17.5 Å². The quantitative estimate of drug-likeness (QED) is 0.585. The number of nitrogens with one attached hydrogen (secondary N) is 1. The van der Waals surface area contributed by atoms with Gasteiger partial charge in [-0.05, 0) is 25.1 Å². The van der Waals surface area contributed by atoms with Gasteiger partial charge < -0.3 is 10.1 Å². The van der Waals surface area contributed by atoms with Crippen LogP contribution in [-0.4, -0.2) is 22.0 Å². The molecule has 7 nitrogen and oxygen atoms in total. The van der Waals surface area contributed by atoms with E-state index in [2.05, 4.69) is 15.3 Å². The predicted octanol–water partition coefficient (Wildman–Crippen LogP) is 3.60. The lowest BCUT2D eigenvalue weighted by molar-refractivity contribution is -0.385. The van der Waals surface area contributed by atoms with E-state index < -0.39 is 4.92 Å². The number of nitro benzene ring substituents is 1. The maximum atomic E-state index is 11.0. The maximum absolute atomic E-state index is 11.0. The predicted molar refractivity (Wildman–Crippen MR) is 87.2 cm³/mol. The van der Waals surface area contributed by atoms with Crippen molar-refractivity contribution < 1.29 is 9.66 Å². The molecule has 0 radical (unpaired) electrons. The second kappa shape index (κ2) is 5.88. The zero-order chi connectivity index (χ0) is 16.4. The molecule has 3 rings (SSSR count). The summed E-state index contributed by atoms with van der Waals surface area (Å²) in [6, 6.07) is 10.4. The molecule has 0 aliphatic carbocycles. The van der Waals surface area contributed by atoms with Crippen LogP contribution in [0.2, 0.25) is 0 Å². The summed E-state index contributed by atoms with van der Waals surface area (Å²) in [5, 5.41) is 15.0. The summed E-state index contributed by atoms with van der Waals surface area (Å²) < 4.78 is 5.18. The van der Waals surface area contributed by atoms with Crippen LogP contribution in [0.15, 0.2) is 42.7 Å². The molecule has 1 aromatic heterocycles. The summed E-state index contributed by atoms with van der Waals surface area (Å²) in [5.74, 6) is 1.28. The lowest BCUT2D eigenvalue weighted by Crippen LogP contribution is -1.98. The summed E-state index contributed by atoms with van der Waals surface area (Å²) in [6.45, 7) is 1.70. The highest BCUT2D eigenvalue weighted by molar-refractivity contribution is 5.91. The molecule has 7 heteroatoms. The Labute approximate surface area is 132 Å². The zero-order valence-corrected chi connectivity index (χ0v) is 12.6. The fourth-order valence-corrected chi connectivity index (χ4v) is 2.28. The minimum absolute atomic E-state index is 0.0648. The summed E-state index contributed by atoms with van der Waals surface area (Å²) in [4.78, 5) is 19.1. The van der Waals surface area contributed by atoms with E-state index in [1.165, 1.54) is 12.4 Å². The molecule has 3 aromatic rings. The Bertz CT molecular complexity index is 896. The van der Waals surface area contributed by atoms with E-state index >= 15 is 0 Å². The van der Waals surface area contributed by atoms with Crippen molar-refractivity contribution in [2.24, 2.45) is 0 Å². The number of methoxy groups -OCH3 is 1. The second-order valence-electron chi connectivity index (χ2n) is 4.99. The number of aryl methyl sites for hydroxylation is 1. The summed E-state index contributed by atoms with van der Waals surface area (Å²) >= 11 is 0. The minimum Gasteiger partial charge on any atom is -0.497 e. The topological polar surface area (TPSA) is 90.2 Å². The van der Waals surface area contributed by atoms with Gasteiger partial charge in [-0.3, -0.25) is 10.1 Å². The lowest BCUT2D eigenvalue weighted by atomic mass is 10.1. The summed E-state index contributed by atoms with van der Waals surface area (Å²) in [5.41, 5.74) is 1.99. The number of hydrogen-bond donors (Lipinski definition) is 1. The van der Waals surface area contributed by atoms with E-state index in [9.17, 15) is 10.1 Å². The zero-order valence-electron chi connectivity index (χ0n) is 12.6. The monoisotopic (exact) mass is 310 g/mol. The first-order chi connectivity index (χ1) is 11.1. The third-order valence-corrected chi connectivity index (χ3v) is 3.51. The smallest absolute Gasteiger partial charge is 0.274 e. The number of nitrogens with zero attached hydrogens (tertiary/aromatic N) is 3. The highest BCUT2D eigenvalue weighted by Crippen LogP contribution is 2.28. The molecule has 0 aliphatic rings. The number of nitro groups is 1. The summed E-state index contributed by atoms with van der Waals surface area (Å²) in [6.07, 6.45) is 1.44. The van der Waals surface area contributed by atoms with Crippen LogP contribution in [0.1, 0.15) is 5.56 Å². The minimum atomic E-state index is -0.399. The van der Waals surface area contributed by atoms with Crippen molar-refractivity contribution in [1.29, 1.82) is 0 Å². The van der Waals surface area contributed by atoms with Crippen LogP contribution < -0.4 is 10.1 Å². The molecule has 0 saturated heterocycles. The SMILES string of the molecule is COc1ccc2c(Nc3ccc(C)c([N+](=O)[O-])c3)ncnc2c1. The molecule has 0 amide bonds. The molecule has 0 fully saturated rings. The summed E-state index contributed by atoms with van der Waals surface area (Å²) in [7, 11) is 1.59. The van der Waals surface area contributed by atoms with E-state index in [-0.39, 0.29) is 5.69 Å². The van der Waals surface area contributed by atoms with Crippen LogP contribution in [0.25, 0.3) is 10.9 Å². The van der Waals surface area contributed by atoms with Crippen LogP contribution >= 0.6 is 0 Å². The Morgan fingerprint density at radius 3 is 2.74 bits per heavy atom. The van der Waals surface area contributed by atoms with Gasteiger partial charge >= 0.3 is 0 Å². The number of aromatic nitrogens is 2. The molecular formula is C16H14N4O3. The molecule has 1 N–H and O–H groups in total. The molecule has 23 heavy (non-hydrogen) atoms. The lowest BCUT2D eigenvalue weighted by Gasteiger charge is -2.09. The van der Waals surface area contributed by atoms with Crippen molar-refractivity contribution in [2.75, 3.05) is 12.4 Å². The average Bonchev–Trinajstić information content (AvgIpc) is 2.56. The number of anilines is 2. The van der Waals surface area contributed by atoms with Gasteiger partial charge in [-0.25, -0.2) is 9.97 Å². The molecule has 0 unspecified atom stereocenters. The van der Waals surface area contributed by atoms with Crippen LogP contribution in [0.5, 0.6) is 5.75 Å². The van der Waals surface area contributed by atoms with Crippen LogP contribution in [-0.2, 0) is 0 Å². The van der Waals surface area contributed by atoms with Gasteiger partial charge in [-0.15, -0.1) is 0 Å². The molecular weight excluding hydrogens is 296 g/mol. The largest absolute Gasteiger partial charge is 0.497 e. The Kier molecular flexibility index (Phi) is 3.76. The molecule has 2 aromatic carbocycles. The van der Waals surface area contributed by atoms with Crippen molar-refractivity contribution in [3.05, 3.63) is 58.4 Å². The molecule has 0 saturated carbocycles. The number of benzene rings is 2. The first-order valence-corrected chi connectivity index (χ1v) is 6.89. The van der Waals surface area contributed by atoms with Gasteiger partial charge in [0.25, 0.3) is 5.69 Å². The second-order valence-corrected chi connectivity index (χ2v) is 4.99. The van der Waals surface area contributed by atoms with Crippen molar-refractivity contribution >= 4 is 28.1 Å². The molecule has 1 heterocycles. The van der Waals surface area contributed by atoms with Crippen molar-refractivity contribution in [2.45, 2.75) is 6.92 Å². The highest BCUT2D eigenvalue weighted by Gasteiger charge is 2.12. The average molecular weight is 310 g/mol. The number of hydrogen-bond acceptors (Lipinski definition) is 6. The fraction of sp³-hybridized carbons (Fsp3) is 0.125. The van der Waals surface area contributed by atoms with Gasteiger partial charge in [0.2, 0.25) is 0 Å². The maximum Gasteiger partial charge on any atom is 0.274 e. The molecule has 116 valence electrons. The van der Waals surface area contributed by atoms with E-state index in [4.69, 9.17) is 4.74 Å². The molecule has 0 bridgehead atoms. The molecule has 0 aliphatic heterocycles. The van der Waals surface area contributed by atoms with Gasteiger partial charge in [-0.1, -0.05) is 6.07 Å². The Hall–Kier alpha value is -3.22. The van der Waals surface area contributed by atoms with Gasteiger partial charge in [0.15, 0.2) is 0 Å². The van der Waals surface area contributed by atoms with Gasteiger partial charge in [0, 0.05) is 28.8 Å². The molecule has 0 atom stereocenters. The van der Waals surface area contributed by atoms with E-state index in [0.717, 1.165) is 10.9 Å². The van der Waals surface area contributed by atoms with Crippen molar-refractivity contribution in [1.82, 2.24) is 9.97 Å². The number of fused-ring (bicyclic) bond motifs is 1. The normalized spacial score (nSPS) is 10.5. The number of ether oxygens (including phenoxy) is 1. The first-order valence-electron chi connectivity index (χ1n) is 6.89. The first kappa shape index (κ1) is 14.7. The Morgan fingerprint density at radius 1 is 1.17 bits per heavy atom. The third kappa shape index (κ3) is 2.89. The van der Waals surface area contributed by atoms with E-state index in [1.807, 2.05) is 12.1 Å². The van der Waals surface area contributed by atoms with Crippen LogP contribution in [0.3, 0.4) is 0 Å². The van der Waals surface area contributed by atoms with Crippen molar-refractivity contribution in [3.63, 3.8) is 0 Å². The van der Waals surface area contributed by atoms with Crippen LogP contribution in [0.4, 0.5) is 17.2 Å². The standard InChI is InChI=1S/C16H14N4O3/c1-10-3-4-11(7-15(10)20(21)22)19-16-13-6-5-12(23-2)8-14(13)17-9-18-16/h3-9H,1-2H3,(H,17,18,19). The Morgan fingerprint density at radius 2 is 2.00 bits per heavy atom. The van der Waals surface area contributed by atoms with Crippen LogP contribution in [0, 0.1) is 17.0 Å². The number of rotatable bonds is 4. The molecule has 0 spiro atoms. The highest BCUT2D eigenvalue weighted by atomic mass is 16.6. The van der Waals surface area contributed by atoms with Crippen molar-refractivity contribution in [3.8, 4) is 5.75 Å². The van der Waals surface area contributed by atoms with Gasteiger partial charge in [-0.2, -0.15) is 0 Å². The van der Waals surface area contributed by atoms with E-state index in [1.54, 1.807) is 32.2 Å². The van der Waals surface area contributed by atoms with E-state index in [0.29, 0.717) is 22.8 Å².